The quantitative estimate of drug-likeness (QED) is 0.482. The van der Waals surface area contributed by atoms with Gasteiger partial charge in [0.15, 0.2) is 0 Å². The number of phenols is 1. The molecule has 0 radical (unpaired) electrons. The molecule has 33 heavy (non-hydrogen) atoms. The molecular formula is C28H28N2O3. The van der Waals surface area contributed by atoms with Gasteiger partial charge in [-0.1, -0.05) is 36.4 Å². The van der Waals surface area contributed by atoms with E-state index >= 15 is 0 Å². The lowest BCUT2D eigenvalue weighted by atomic mass is 9.72. The lowest BCUT2D eigenvalue weighted by Gasteiger charge is -2.39. The minimum Gasteiger partial charge on any atom is -0.508 e. The number of carbonyl (C=O) groups excluding carboxylic acids is 1. The molecule has 0 aromatic heterocycles. The Labute approximate surface area is 193 Å². The van der Waals surface area contributed by atoms with Crippen LogP contribution in [0.4, 0.5) is 5.69 Å². The molecule has 3 N–H and O–H groups in total. The molecule has 3 aromatic carbocycles. The molecule has 5 heteroatoms. The van der Waals surface area contributed by atoms with Crippen LogP contribution in [0.15, 0.2) is 60.7 Å². The van der Waals surface area contributed by atoms with E-state index in [1.165, 1.54) is 19.8 Å². The standard InChI is InChI=1S/C28H28N2O3/c1-16(31)29-23-6-3-2-5-21(23)17-9-12-22-26(15-17)33-25-8-4-7-24(32)28(25)27(22)18-13-19-10-11-20(14-18)30-19/h2-9,12,15,18-20,27,30,32H,10-11,13-14H2,1H3,(H,29,31). The molecule has 2 saturated heterocycles. The number of benzene rings is 3. The zero-order valence-electron chi connectivity index (χ0n) is 18.7. The third-order valence-corrected chi connectivity index (χ3v) is 7.45. The van der Waals surface area contributed by atoms with Crippen molar-refractivity contribution in [2.75, 3.05) is 5.32 Å². The fraction of sp³-hybridized carbons (Fsp3) is 0.321. The van der Waals surface area contributed by atoms with Gasteiger partial charge in [0.25, 0.3) is 0 Å². The van der Waals surface area contributed by atoms with Gasteiger partial charge in [-0.2, -0.15) is 0 Å². The van der Waals surface area contributed by atoms with Gasteiger partial charge in [-0.25, -0.2) is 0 Å². The van der Waals surface area contributed by atoms with Crippen molar-refractivity contribution >= 4 is 11.6 Å². The number of aromatic hydroxyl groups is 1. The summed E-state index contributed by atoms with van der Waals surface area (Å²) >= 11 is 0. The fourth-order valence-corrected chi connectivity index (χ4v) is 6.15. The van der Waals surface area contributed by atoms with Crippen molar-refractivity contribution < 1.29 is 14.6 Å². The van der Waals surface area contributed by atoms with Crippen LogP contribution in [0.2, 0.25) is 0 Å². The van der Waals surface area contributed by atoms with Crippen molar-refractivity contribution in [1.82, 2.24) is 5.32 Å². The van der Waals surface area contributed by atoms with Crippen molar-refractivity contribution in [2.45, 2.75) is 50.6 Å². The summed E-state index contributed by atoms with van der Waals surface area (Å²) in [5.41, 5.74) is 4.78. The number of anilines is 1. The Hall–Kier alpha value is -3.31. The first kappa shape index (κ1) is 20.3. The fourth-order valence-electron chi connectivity index (χ4n) is 6.15. The normalized spacial score (nSPS) is 25.0. The summed E-state index contributed by atoms with van der Waals surface area (Å²) < 4.78 is 6.37. The maximum atomic E-state index is 11.7. The molecule has 6 rings (SSSR count). The van der Waals surface area contributed by atoms with Crippen LogP contribution >= 0.6 is 0 Å². The molecule has 3 atom stereocenters. The number of hydrogen-bond acceptors (Lipinski definition) is 4. The van der Waals surface area contributed by atoms with E-state index in [1.807, 2.05) is 36.4 Å². The second kappa shape index (κ2) is 7.92. The van der Waals surface area contributed by atoms with Gasteiger partial charge in [-0.3, -0.25) is 4.79 Å². The van der Waals surface area contributed by atoms with Crippen LogP contribution in [0.25, 0.3) is 11.1 Å². The number of fused-ring (bicyclic) bond motifs is 4. The number of rotatable bonds is 3. The number of hydrogen-bond donors (Lipinski definition) is 3. The predicted molar refractivity (Wildman–Crippen MR) is 129 cm³/mol. The summed E-state index contributed by atoms with van der Waals surface area (Å²) in [4.78, 5) is 11.7. The van der Waals surface area contributed by atoms with Gasteiger partial charge in [-0.05, 0) is 61.4 Å². The van der Waals surface area contributed by atoms with E-state index in [-0.39, 0.29) is 11.8 Å². The topological polar surface area (TPSA) is 70.6 Å². The lowest BCUT2D eigenvalue weighted by molar-refractivity contribution is -0.114. The first-order valence-corrected chi connectivity index (χ1v) is 11.8. The van der Waals surface area contributed by atoms with Gasteiger partial charge in [0.1, 0.15) is 17.2 Å². The van der Waals surface area contributed by atoms with E-state index < -0.39 is 0 Å². The number of carbonyl (C=O) groups is 1. The number of phenolic OH excluding ortho intramolecular Hbond substituents is 1. The van der Waals surface area contributed by atoms with E-state index in [0.717, 1.165) is 52.3 Å². The average Bonchev–Trinajstić information content (AvgIpc) is 3.15. The Morgan fingerprint density at radius 2 is 1.79 bits per heavy atom. The van der Waals surface area contributed by atoms with Crippen LogP contribution in [0.1, 0.15) is 49.7 Å². The Morgan fingerprint density at radius 3 is 2.58 bits per heavy atom. The highest BCUT2D eigenvalue weighted by Gasteiger charge is 2.42. The smallest absolute Gasteiger partial charge is 0.221 e. The summed E-state index contributed by atoms with van der Waals surface area (Å²) in [7, 11) is 0. The Kier molecular flexibility index (Phi) is 4.88. The molecule has 2 fully saturated rings. The van der Waals surface area contributed by atoms with Crippen molar-refractivity contribution in [3.05, 3.63) is 71.8 Å². The highest BCUT2D eigenvalue weighted by Crippen LogP contribution is 2.54. The minimum absolute atomic E-state index is 0.0957. The van der Waals surface area contributed by atoms with E-state index in [2.05, 4.69) is 28.8 Å². The third-order valence-electron chi connectivity index (χ3n) is 7.45. The van der Waals surface area contributed by atoms with Crippen LogP contribution in [-0.4, -0.2) is 23.1 Å². The molecule has 0 saturated carbocycles. The second-order valence-electron chi connectivity index (χ2n) is 9.62. The molecule has 3 aliphatic heterocycles. The number of ether oxygens (including phenoxy) is 1. The van der Waals surface area contributed by atoms with Crippen molar-refractivity contribution in [1.29, 1.82) is 0 Å². The molecular weight excluding hydrogens is 412 g/mol. The lowest BCUT2D eigenvalue weighted by Crippen LogP contribution is -2.40. The second-order valence-corrected chi connectivity index (χ2v) is 9.62. The van der Waals surface area contributed by atoms with E-state index in [9.17, 15) is 9.90 Å². The summed E-state index contributed by atoms with van der Waals surface area (Å²) in [6, 6.07) is 20.9. The van der Waals surface area contributed by atoms with E-state index in [4.69, 9.17) is 4.74 Å². The van der Waals surface area contributed by atoms with Crippen LogP contribution in [0.3, 0.4) is 0 Å². The van der Waals surface area contributed by atoms with Crippen molar-refractivity contribution in [2.24, 2.45) is 5.92 Å². The molecule has 2 bridgehead atoms. The van der Waals surface area contributed by atoms with Crippen LogP contribution < -0.4 is 15.4 Å². The number of piperidine rings is 1. The van der Waals surface area contributed by atoms with Gasteiger partial charge in [0.05, 0.1) is 0 Å². The van der Waals surface area contributed by atoms with Crippen LogP contribution in [-0.2, 0) is 4.79 Å². The molecule has 3 heterocycles. The van der Waals surface area contributed by atoms with Crippen LogP contribution in [0, 0.1) is 5.92 Å². The monoisotopic (exact) mass is 440 g/mol. The van der Waals surface area contributed by atoms with Crippen molar-refractivity contribution in [3.8, 4) is 28.4 Å². The molecule has 0 aliphatic carbocycles. The zero-order chi connectivity index (χ0) is 22.5. The zero-order valence-corrected chi connectivity index (χ0v) is 18.7. The first-order chi connectivity index (χ1) is 16.1. The highest BCUT2D eigenvalue weighted by molar-refractivity contribution is 5.94. The summed E-state index contributed by atoms with van der Waals surface area (Å²) in [5, 5.41) is 17.5. The summed E-state index contributed by atoms with van der Waals surface area (Å²) in [5.74, 6) is 2.35. The largest absolute Gasteiger partial charge is 0.508 e. The summed E-state index contributed by atoms with van der Waals surface area (Å²) in [6.07, 6.45) is 4.70. The van der Waals surface area contributed by atoms with Crippen molar-refractivity contribution in [3.63, 3.8) is 0 Å². The molecule has 3 aromatic rings. The Morgan fingerprint density at radius 1 is 1.00 bits per heavy atom. The SMILES string of the molecule is CC(=O)Nc1ccccc1-c1ccc2c(c1)Oc1cccc(O)c1C2C1CC2CCC(C1)N2. The molecule has 168 valence electrons. The Balaban J connectivity index is 1.45. The number of para-hydroxylation sites is 1. The average molecular weight is 441 g/mol. The summed E-state index contributed by atoms with van der Waals surface area (Å²) in [6.45, 7) is 1.52. The van der Waals surface area contributed by atoms with E-state index in [0.29, 0.717) is 23.8 Å². The number of nitrogens with one attached hydrogen (secondary N) is 2. The molecule has 1 amide bonds. The Bertz CT molecular complexity index is 1230. The van der Waals surface area contributed by atoms with Gasteiger partial charge >= 0.3 is 0 Å². The highest BCUT2D eigenvalue weighted by atomic mass is 16.5. The molecule has 3 aliphatic rings. The van der Waals surface area contributed by atoms with E-state index in [1.54, 1.807) is 6.07 Å². The first-order valence-electron chi connectivity index (χ1n) is 11.8. The van der Waals surface area contributed by atoms with Gasteiger partial charge in [0, 0.05) is 47.3 Å². The van der Waals surface area contributed by atoms with Crippen LogP contribution in [0.5, 0.6) is 17.2 Å². The maximum absolute atomic E-state index is 11.7. The van der Waals surface area contributed by atoms with Gasteiger partial charge < -0.3 is 20.5 Å². The third kappa shape index (κ3) is 3.57. The molecule has 3 unspecified atom stereocenters. The molecule has 5 nitrogen and oxygen atoms in total. The predicted octanol–water partition coefficient (Wildman–Crippen LogP) is 5.79. The maximum Gasteiger partial charge on any atom is 0.221 e. The van der Waals surface area contributed by atoms with Gasteiger partial charge in [-0.15, -0.1) is 0 Å². The number of amides is 1. The van der Waals surface area contributed by atoms with Gasteiger partial charge in [0.2, 0.25) is 5.91 Å². The molecule has 0 spiro atoms. The minimum atomic E-state index is -0.0957.